The predicted octanol–water partition coefficient (Wildman–Crippen LogP) is 1.81. The van der Waals surface area contributed by atoms with Crippen molar-refractivity contribution in [3.8, 4) is 5.69 Å². The monoisotopic (exact) mass is 237 g/mol. The zero-order valence-corrected chi connectivity index (χ0v) is 8.85. The van der Waals surface area contributed by atoms with E-state index in [9.17, 15) is 4.79 Å². The average molecular weight is 238 g/mol. The topological polar surface area (TPSA) is 81.1 Å². The first kappa shape index (κ1) is 10.5. The highest BCUT2D eigenvalue weighted by Crippen LogP contribution is 2.25. The van der Waals surface area contributed by atoms with Gasteiger partial charge in [-0.25, -0.2) is 9.48 Å². The molecule has 0 bridgehead atoms. The molecule has 1 aromatic carbocycles. The van der Waals surface area contributed by atoms with Crippen LogP contribution in [0.5, 0.6) is 0 Å². The Balaban J connectivity index is 2.60. The maximum atomic E-state index is 10.8. The van der Waals surface area contributed by atoms with E-state index in [0.29, 0.717) is 5.69 Å². The number of para-hydroxylation sites is 1. The Kier molecular flexibility index (Phi) is 2.54. The van der Waals surface area contributed by atoms with Gasteiger partial charge in [0.2, 0.25) is 0 Å². The van der Waals surface area contributed by atoms with E-state index in [-0.39, 0.29) is 16.5 Å². The number of aromatic nitrogens is 2. The van der Waals surface area contributed by atoms with Crippen LogP contribution in [-0.4, -0.2) is 20.9 Å². The van der Waals surface area contributed by atoms with Crippen LogP contribution in [-0.2, 0) is 0 Å². The van der Waals surface area contributed by atoms with Crippen LogP contribution >= 0.6 is 11.6 Å². The van der Waals surface area contributed by atoms with E-state index in [4.69, 9.17) is 22.4 Å². The second-order valence-corrected chi connectivity index (χ2v) is 3.48. The van der Waals surface area contributed by atoms with Crippen molar-refractivity contribution in [1.82, 2.24) is 9.78 Å². The predicted molar refractivity (Wildman–Crippen MR) is 59.9 cm³/mol. The number of nitrogen functional groups attached to an aromatic ring is 1. The van der Waals surface area contributed by atoms with Gasteiger partial charge in [0, 0.05) is 0 Å². The molecule has 0 aliphatic rings. The van der Waals surface area contributed by atoms with Gasteiger partial charge < -0.3 is 10.8 Å². The number of nitrogens with two attached hydrogens (primary N) is 1. The number of benzene rings is 1. The summed E-state index contributed by atoms with van der Waals surface area (Å²) >= 11 is 5.77. The van der Waals surface area contributed by atoms with Crippen LogP contribution in [0.3, 0.4) is 0 Å². The lowest BCUT2D eigenvalue weighted by molar-refractivity contribution is 0.0690. The number of nitrogens with zero attached hydrogens (tertiary/aromatic N) is 2. The lowest BCUT2D eigenvalue weighted by Crippen LogP contribution is -2.03. The van der Waals surface area contributed by atoms with Crippen molar-refractivity contribution >= 4 is 23.4 Å². The molecule has 0 aliphatic heterocycles. The number of hydrogen-bond donors (Lipinski definition) is 2. The van der Waals surface area contributed by atoms with Crippen molar-refractivity contribution in [1.29, 1.82) is 0 Å². The van der Waals surface area contributed by atoms with Gasteiger partial charge in [-0.1, -0.05) is 29.8 Å². The molecule has 0 unspecified atom stereocenters. The summed E-state index contributed by atoms with van der Waals surface area (Å²) in [5, 5.41) is 12.6. The summed E-state index contributed by atoms with van der Waals surface area (Å²) < 4.78 is 1.30. The van der Waals surface area contributed by atoms with Crippen LogP contribution in [0.15, 0.2) is 30.3 Å². The Hall–Kier alpha value is -2.01. The first-order valence-electron chi connectivity index (χ1n) is 4.44. The summed E-state index contributed by atoms with van der Waals surface area (Å²) in [6.45, 7) is 0. The van der Waals surface area contributed by atoms with E-state index in [2.05, 4.69) is 5.10 Å². The molecule has 0 amide bonds. The van der Waals surface area contributed by atoms with E-state index in [1.807, 2.05) is 6.07 Å². The van der Waals surface area contributed by atoms with Crippen molar-refractivity contribution < 1.29 is 9.90 Å². The summed E-state index contributed by atoms with van der Waals surface area (Å²) in [5.74, 6) is -1.09. The Morgan fingerprint density at radius 2 is 2.00 bits per heavy atom. The third-order valence-corrected chi connectivity index (χ3v) is 2.44. The van der Waals surface area contributed by atoms with Gasteiger partial charge in [-0.2, -0.15) is 5.10 Å². The minimum atomic E-state index is -1.20. The van der Waals surface area contributed by atoms with Crippen LogP contribution in [0.4, 0.5) is 5.82 Å². The molecule has 5 nitrogen and oxygen atoms in total. The van der Waals surface area contributed by atoms with E-state index in [1.54, 1.807) is 24.3 Å². The Labute approximate surface area is 96.1 Å². The van der Waals surface area contributed by atoms with Crippen molar-refractivity contribution in [2.45, 2.75) is 0 Å². The molecule has 82 valence electrons. The molecule has 0 radical (unpaired) electrons. The van der Waals surface area contributed by atoms with Crippen LogP contribution in [0, 0.1) is 0 Å². The fraction of sp³-hybridized carbons (Fsp3) is 0. The highest BCUT2D eigenvalue weighted by Gasteiger charge is 2.19. The number of anilines is 1. The van der Waals surface area contributed by atoms with Crippen molar-refractivity contribution in [3.05, 3.63) is 41.0 Å². The van der Waals surface area contributed by atoms with Gasteiger partial charge in [-0.3, -0.25) is 0 Å². The molecule has 16 heavy (non-hydrogen) atoms. The zero-order valence-electron chi connectivity index (χ0n) is 8.09. The average Bonchev–Trinajstić information content (AvgIpc) is 2.58. The molecule has 0 fully saturated rings. The minimum absolute atomic E-state index is 0.0450. The Bertz CT molecular complexity index is 536. The normalized spacial score (nSPS) is 10.3. The highest BCUT2D eigenvalue weighted by molar-refractivity contribution is 6.35. The van der Waals surface area contributed by atoms with Gasteiger partial charge in [0.25, 0.3) is 0 Å². The summed E-state index contributed by atoms with van der Waals surface area (Å²) in [5.41, 5.74) is 6.09. The second kappa shape index (κ2) is 3.86. The summed E-state index contributed by atoms with van der Waals surface area (Å²) in [6.07, 6.45) is 0. The number of rotatable bonds is 2. The first-order chi connectivity index (χ1) is 7.61. The molecule has 2 rings (SSSR count). The van der Waals surface area contributed by atoms with Crippen LogP contribution in [0.25, 0.3) is 5.69 Å². The van der Waals surface area contributed by atoms with Gasteiger partial charge in [0.05, 0.1) is 5.69 Å². The zero-order chi connectivity index (χ0) is 11.7. The number of carboxylic acids is 1. The van der Waals surface area contributed by atoms with E-state index < -0.39 is 5.97 Å². The van der Waals surface area contributed by atoms with E-state index in [0.717, 1.165) is 0 Å². The third-order valence-electron chi connectivity index (χ3n) is 2.06. The molecular formula is C10H8ClN3O2. The molecule has 2 aromatic rings. The van der Waals surface area contributed by atoms with Crippen molar-refractivity contribution in [2.24, 2.45) is 0 Å². The standard InChI is InChI=1S/C10H8ClN3O2/c11-7-8(10(15)16)13-14(9(7)12)6-4-2-1-3-5-6/h1-5H,12H2,(H,15,16). The molecule has 0 aliphatic carbocycles. The molecule has 1 heterocycles. The van der Waals surface area contributed by atoms with Crippen LogP contribution < -0.4 is 5.73 Å². The maximum absolute atomic E-state index is 10.8. The number of carboxylic acid groups (broad SMARTS) is 1. The fourth-order valence-electron chi connectivity index (χ4n) is 1.31. The molecule has 0 saturated carbocycles. The lowest BCUT2D eigenvalue weighted by Gasteiger charge is -2.02. The summed E-state index contributed by atoms with van der Waals surface area (Å²) in [7, 11) is 0. The molecule has 6 heteroatoms. The smallest absolute Gasteiger partial charge is 0.358 e. The third kappa shape index (κ3) is 1.61. The number of halogens is 1. The van der Waals surface area contributed by atoms with Crippen molar-refractivity contribution in [2.75, 3.05) is 5.73 Å². The highest BCUT2D eigenvalue weighted by atomic mass is 35.5. The minimum Gasteiger partial charge on any atom is -0.476 e. The molecule has 0 spiro atoms. The largest absolute Gasteiger partial charge is 0.476 e. The molecule has 0 saturated heterocycles. The number of hydrogen-bond acceptors (Lipinski definition) is 3. The second-order valence-electron chi connectivity index (χ2n) is 3.10. The maximum Gasteiger partial charge on any atom is 0.358 e. The van der Waals surface area contributed by atoms with Crippen molar-refractivity contribution in [3.63, 3.8) is 0 Å². The van der Waals surface area contributed by atoms with Crippen LogP contribution in [0.2, 0.25) is 5.02 Å². The number of aromatic carboxylic acids is 1. The van der Waals surface area contributed by atoms with E-state index in [1.165, 1.54) is 4.68 Å². The first-order valence-corrected chi connectivity index (χ1v) is 4.81. The van der Waals surface area contributed by atoms with Crippen LogP contribution in [0.1, 0.15) is 10.5 Å². The summed E-state index contributed by atoms with van der Waals surface area (Å²) in [4.78, 5) is 10.8. The fourth-order valence-corrected chi connectivity index (χ4v) is 1.51. The van der Waals surface area contributed by atoms with Gasteiger partial charge in [-0.15, -0.1) is 0 Å². The SMILES string of the molecule is Nc1c(Cl)c(C(=O)O)nn1-c1ccccc1. The Morgan fingerprint density at radius 3 is 2.50 bits per heavy atom. The lowest BCUT2D eigenvalue weighted by atomic mass is 10.3. The van der Waals surface area contributed by atoms with Gasteiger partial charge in [0.15, 0.2) is 5.69 Å². The summed E-state index contributed by atoms with van der Waals surface area (Å²) in [6, 6.07) is 8.94. The van der Waals surface area contributed by atoms with Gasteiger partial charge in [0.1, 0.15) is 10.8 Å². The van der Waals surface area contributed by atoms with Gasteiger partial charge in [-0.05, 0) is 12.1 Å². The van der Waals surface area contributed by atoms with E-state index >= 15 is 0 Å². The molecule has 3 N–H and O–H groups in total. The Morgan fingerprint density at radius 1 is 1.38 bits per heavy atom. The molecule has 1 aromatic heterocycles. The molecular weight excluding hydrogens is 230 g/mol. The molecule has 0 atom stereocenters. The quantitative estimate of drug-likeness (QED) is 0.835. The number of carbonyl (C=O) groups is 1. The van der Waals surface area contributed by atoms with Gasteiger partial charge >= 0.3 is 5.97 Å².